The molecule has 4 fully saturated rings. The van der Waals surface area contributed by atoms with Crippen LogP contribution in [0.2, 0.25) is 0 Å². The van der Waals surface area contributed by atoms with E-state index in [2.05, 4.69) is 10.2 Å². The second-order valence-corrected chi connectivity index (χ2v) is 10.2. The number of amides is 3. The molecular formula is C26H36FN3O5. The number of cyclic esters (lactones) is 1. The molecule has 1 aliphatic carbocycles. The van der Waals surface area contributed by atoms with Crippen LogP contribution in [0.15, 0.2) is 24.3 Å². The molecule has 9 heteroatoms. The van der Waals surface area contributed by atoms with Crippen LogP contribution in [0.5, 0.6) is 0 Å². The Hall–Kier alpha value is -2.23. The summed E-state index contributed by atoms with van der Waals surface area (Å²) in [5.41, 5.74) is 1.22. The maximum absolute atomic E-state index is 13.2. The fourth-order valence-corrected chi connectivity index (χ4v) is 5.88. The van der Waals surface area contributed by atoms with E-state index in [0.717, 1.165) is 64.5 Å². The third-order valence-electron chi connectivity index (χ3n) is 7.89. The molecule has 1 saturated carbocycles. The Labute approximate surface area is 206 Å². The van der Waals surface area contributed by atoms with Gasteiger partial charge in [0.2, 0.25) is 0 Å². The van der Waals surface area contributed by atoms with E-state index in [1.165, 1.54) is 10.5 Å². The smallest absolute Gasteiger partial charge is 0.418 e. The summed E-state index contributed by atoms with van der Waals surface area (Å²) in [4.78, 5) is 28.8. The lowest BCUT2D eigenvalue weighted by Crippen LogP contribution is -2.51. The number of hydrogen-bond acceptors (Lipinski definition) is 6. The maximum atomic E-state index is 13.2. The third kappa shape index (κ3) is 5.95. The summed E-state index contributed by atoms with van der Waals surface area (Å²) in [6.45, 7) is 2.77. The number of hydrogen-bond donors (Lipinski definition) is 1. The Balaban J connectivity index is 1.07. The first-order valence-electron chi connectivity index (χ1n) is 13.1. The average molecular weight is 490 g/mol. The van der Waals surface area contributed by atoms with Gasteiger partial charge in [0.05, 0.1) is 6.61 Å². The first-order chi connectivity index (χ1) is 17.1. The lowest BCUT2D eigenvalue weighted by Gasteiger charge is -2.35. The molecule has 3 heterocycles. The fraction of sp³-hybridized carbons (Fsp3) is 0.692. The molecule has 2 unspecified atom stereocenters. The number of ether oxygens (including phenoxy) is 3. The lowest BCUT2D eigenvalue weighted by molar-refractivity contribution is -0.167. The van der Waals surface area contributed by atoms with E-state index < -0.39 is 18.2 Å². The molecule has 0 bridgehead atoms. The van der Waals surface area contributed by atoms with E-state index in [0.29, 0.717) is 18.6 Å². The zero-order chi connectivity index (χ0) is 24.2. The van der Waals surface area contributed by atoms with Gasteiger partial charge in [0.15, 0.2) is 6.29 Å². The van der Waals surface area contributed by atoms with Crippen molar-refractivity contribution in [3.05, 3.63) is 35.6 Å². The normalized spacial score (nSPS) is 32.0. The lowest BCUT2D eigenvalue weighted by atomic mass is 9.81. The summed E-state index contributed by atoms with van der Waals surface area (Å²) in [6.07, 6.45) is 7.29. The van der Waals surface area contributed by atoms with Gasteiger partial charge in [0, 0.05) is 31.8 Å². The fourth-order valence-electron chi connectivity index (χ4n) is 5.88. The molecule has 3 aliphatic heterocycles. The van der Waals surface area contributed by atoms with Gasteiger partial charge in [-0.15, -0.1) is 0 Å². The van der Waals surface area contributed by atoms with Crippen LogP contribution in [0, 0.1) is 5.82 Å². The number of nitrogens with one attached hydrogen (secondary N) is 1. The van der Waals surface area contributed by atoms with Crippen molar-refractivity contribution in [3.63, 3.8) is 0 Å². The molecule has 1 aromatic carbocycles. The number of benzene rings is 1. The molecule has 3 atom stereocenters. The van der Waals surface area contributed by atoms with Crippen molar-refractivity contribution < 1.29 is 28.2 Å². The average Bonchev–Trinajstić information content (AvgIpc) is 3.50. The van der Waals surface area contributed by atoms with Gasteiger partial charge in [-0.1, -0.05) is 12.1 Å². The first kappa shape index (κ1) is 24.5. The van der Waals surface area contributed by atoms with Gasteiger partial charge in [-0.05, 0) is 75.0 Å². The van der Waals surface area contributed by atoms with E-state index in [1.807, 2.05) is 12.1 Å². The molecule has 1 aromatic rings. The quantitative estimate of drug-likeness (QED) is 0.651. The van der Waals surface area contributed by atoms with Crippen LogP contribution in [-0.2, 0) is 14.2 Å². The maximum Gasteiger partial charge on any atom is 0.418 e. The van der Waals surface area contributed by atoms with Crippen molar-refractivity contribution in [2.24, 2.45) is 0 Å². The summed E-state index contributed by atoms with van der Waals surface area (Å²) in [5, 5.41) is 3.05. The van der Waals surface area contributed by atoms with E-state index in [1.54, 1.807) is 12.1 Å². The Morgan fingerprint density at radius 2 is 1.89 bits per heavy atom. The predicted molar refractivity (Wildman–Crippen MR) is 126 cm³/mol. The second kappa shape index (κ2) is 11.2. The van der Waals surface area contributed by atoms with Crippen LogP contribution in [0.4, 0.5) is 14.0 Å². The van der Waals surface area contributed by atoms with E-state index >= 15 is 0 Å². The van der Waals surface area contributed by atoms with Gasteiger partial charge in [0.25, 0.3) is 0 Å². The molecule has 1 N–H and O–H groups in total. The van der Waals surface area contributed by atoms with Gasteiger partial charge < -0.3 is 19.5 Å². The highest BCUT2D eigenvalue weighted by Gasteiger charge is 2.40. The summed E-state index contributed by atoms with van der Waals surface area (Å²) in [7, 11) is 0. The molecule has 3 amide bonds. The zero-order valence-electron chi connectivity index (χ0n) is 20.2. The van der Waals surface area contributed by atoms with Gasteiger partial charge in [0.1, 0.15) is 18.5 Å². The van der Waals surface area contributed by atoms with Crippen LogP contribution in [-0.4, -0.2) is 79.2 Å². The molecule has 192 valence electrons. The molecule has 0 radical (unpaired) electrons. The highest BCUT2D eigenvalue weighted by molar-refractivity contribution is 5.92. The van der Waals surface area contributed by atoms with Crippen molar-refractivity contribution >= 4 is 12.1 Å². The molecule has 4 aliphatic rings. The van der Waals surface area contributed by atoms with Crippen molar-refractivity contribution in [1.82, 2.24) is 15.1 Å². The van der Waals surface area contributed by atoms with Gasteiger partial charge >= 0.3 is 12.1 Å². The number of imide groups is 1. The molecule has 0 aromatic heterocycles. The van der Waals surface area contributed by atoms with Crippen LogP contribution in [0.1, 0.15) is 62.8 Å². The van der Waals surface area contributed by atoms with Crippen molar-refractivity contribution in [1.29, 1.82) is 0 Å². The van der Waals surface area contributed by atoms with Gasteiger partial charge in [-0.25, -0.2) is 18.9 Å². The minimum atomic E-state index is -0.616. The largest absolute Gasteiger partial charge is 0.447 e. The minimum absolute atomic E-state index is 0.00830. The van der Waals surface area contributed by atoms with Crippen molar-refractivity contribution in [3.8, 4) is 0 Å². The van der Waals surface area contributed by atoms with Crippen LogP contribution >= 0.6 is 0 Å². The van der Waals surface area contributed by atoms with E-state index in [9.17, 15) is 14.0 Å². The molecule has 3 saturated heterocycles. The molecular weight excluding hydrogens is 453 g/mol. The van der Waals surface area contributed by atoms with Crippen LogP contribution < -0.4 is 5.32 Å². The monoisotopic (exact) mass is 489 g/mol. The number of carbonyl (C=O) groups is 2. The summed E-state index contributed by atoms with van der Waals surface area (Å²) < 4.78 is 29.8. The van der Waals surface area contributed by atoms with E-state index in [4.69, 9.17) is 14.2 Å². The second-order valence-electron chi connectivity index (χ2n) is 10.2. The number of urea groups is 1. The molecule has 8 nitrogen and oxygen atoms in total. The number of rotatable bonds is 6. The SMILES string of the molecule is O=C(N[C@@H]1CCN(C2CCC(c3ccc(F)cc3)CC2)C1)N1C(=O)OCC1COC1CCCCO1. The Bertz CT molecular complexity index is 870. The Morgan fingerprint density at radius 3 is 2.63 bits per heavy atom. The minimum Gasteiger partial charge on any atom is -0.447 e. The summed E-state index contributed by atoms with van der Waals surface area (Å²) >= 11 is 0. The standard InChI is InChI=1S/C26H36FN3O5/c27-20-8-4-18(5-9-20)19-6-10-22(11-7-19)29-13-12-21(15-29)28-25(31)30-23(17-35-26(30)32)16-34-24-3-1-2-14-33-24/h4-5,8-9,19,21-24H,1-3,6-7,10-17H2,(H,28,31)/t19?,21-,22?,23?,24?/m1/s1. The predicted octanol–water partition coefficient (Wildman–Crippen LogP) is 4.00. The van der Waals surface area contributed by atoms with Gasteiger partial charge in [-0.2, -0.15) is 0 Å². The topological polar surface area (TPSA) is 80.3 Å². The summed E-state index contributed by atoms with van der Waals surface area (Å²) in [5.74, 6) is 0.302. The molecule has 35 heavy (non-hydrogen) atoms. The third-order valence-corrected chi connectivity index (χ3v) is 7.89. The highest BCUT2D eigenvalue weighted by Crippen LogP contribution is 2.35. The Kier molecular flexibility index (Phi) is 7.84. The van der Waals surface area contributed by atoms with Crippen LogP contribution in [0.25, 0.3) is 0 Å². The number of likely N-dealkylation sites (tertiary alicyclic amines) is 1. The summed E-state index contributed by atoms with van der Waals surface area (Å²) in [6, 6.07) is 6.58. The van der Waals surface area contributed by atoms with Gasteiger partial charge in [-0.3, -0.25) is 4.90 Å². The van der Waals surface area contributed by atoms with E-state index in [-0.39, 0.29) is 31.4 Å². The molecule has 0 spiro atoms. The van der Waals surface area contributed by atoms with Crippen LogP contribution in [0.3, 0.4) is 0 Å². The zero-order valence-corrected chi connectivity index (χ0v) is 20.2. The van der Waals surface area contributed by atoms with Crippen molar-refractivity contribution in [2.75, 3.05) is 32.9 Å². The van der Waals surface area contributed by atoms with Crippen molar-refractivity contribution in [2.45, 2.75) is 81.7 Å². The number of carbonyl (C=O) groups excluding carboxylic acids is 2. The number of halogens is 1. The first-order valence-corrected chi connectivity index (χ1v) is 13.1. The number of nitrogens with zero attached hydrogens (tertiary/aromatic N) is 2. The molecule has 5 rings (SSSR count). The highest BCUT2D eigenvalue weighted by atomic mass is 19.1. The Morgan fingerprint density at radius 1 is 1.09 bits per heavy atom.